The summed E-state index contributed by atoms with van der Waals surface area (Å²) >= 11 is 5.83. The van der Waals surface area contributed by atoms with Crippen LogP contribution >= 0.6 is 11.6 Å². The third-order valence-electron chi connectivity index (χ3n) is 3.29. The van der Waals surface area contributed by atoms with E-state index in [4.69, 9.17) is 21.4 Å². The van der Waals surface area contributed by atoms with Gasteiger partial charge in [0.1, 0.15) is 11.8 Å². The van der Waals surface area contributed by atoms with Crippen molar-refractivity contribution in [2.75, 3.05) is 6.61 Å². The Morgan fingerprint density at radius 1 is 1.43 bits per heavy atom. The highest BCUT2D eigenvalue weighted by atomic mass is 35.5. The summed E-state index contributed by atoms with van der Waals surface area (Å²) in [5.74, 6) is -1.11. The maximum atomic E-state index is 11.8. The Bertz CT molecular complexity index is 518. The van der Waals surface area contributed by atoms with Crippen molar-refractivity contribution in [2.24, 2.45) is 5.92 Å². The fourth-order valence-electron chi connectivity index (χ4n) is 1.82. The number of halogens is 1. The van der Waals surface area contributed by atoms with E-state index in [1.165, 1.54) is 0 Å². The molecule has 1 rings (SSSR count). The van der Waals surface area contributed by atoms with E-state index >= 15 is 0 Å². The van der Waals surface area contributed by atoms with E-state index < -0.39 is 17.9 Å². The fraction of sp³-hybridized carbons (Fsp3) is 0.467. The standard InChI is InChI=1S/C15H20ClNO4/c1-4-9(2)14(15(19)20)17-13(18)8-21-12-6-5-11(16)7-10(12)3/h5-7,9,14H,4,8H2,1-3H3,(H,17,18)(H,19,20)/t9-,14-/m0/s1. The first kappa shape index (κ1) is 17.3. The molecule has 2 atom stereocenters. The topological polar surface area (TPSA) is 75.6 Å². The Balaban J connectivity index is 2.58. The predicted octanol–water partition coefficient (Wildman–Crippen LogP) is 2.64. The number of aliphatic carboxylic acids is 1. The monoisotopic (exact) mass is 313 g/mol. The number of carboxylic acid groups (broad SMARTS) is 1. The van der Waals surface area contributed by atoms with Crippen molar-refractivity contribution >= 4 is 23.5 Å². The second-order valence-electron chi connectivity index (χ2n) is 4.97. The molecule has 0 radical (unpaired) electrons. The lowest BCUT2D eigenvalue weighted by molar-refractivity contribution is -0.143. The van der Waals surface area contributed by atoms with Crippen LogP contribution in [0.25, 0.3) is 0 Å². The van der Waals surface area contributed by atoms with Gasteiger partial charge < -0.3 is 15.2 Å². The molecule has 0 heterocycles. The zero-order chi connectivity index (χ0) is 16.0. The maximum Gasteiger partial charge on any atom is 0.326 e. The van der Waals surface area contributed by atoms with Crippen LogP contribution in [-0.2, 0) is 9.59 Å². The predicted molar refractivity (Wildman–Crippen MR) is 80.7 cm³/mol. The quantitative estimate of drug-likeness (QED) is 0.811. The molecule has 0 fully saturated rings. The summed E-state index contributed by atoms with van der Waals surface area (Å²) in [6, 6.07) is 4.17. The smallest absolute Gasteiger partial charge is 0.326 e. The molecule has 0 aliphatic heterocycles. The van der Waals surface area contributed by atoms with Crippen LogP contribution in [0.3, 0.4) is 0 Å². The maximum absolute atomic E-state index is 11.8. The van der Waals surface area contributed by atoms with Gasteiger partial charge in [-0.1, -0.05) is 31.9 Å². The Labute approximate surface area is 129 Å². The van der Waals surface area contributed by atoms with Gasteiger partial charge in [0.25, 0.3) is 5.91 Å². The van der Waals surface area contributed by atoms with Crippen LogP contribution in [0, 0.1) is 12.8 Å². The van der Waals surface area contributed by atoms with E-state index in [0.29, 0.717) is 17.2 Å². The molecule has 0 saturated carbocycles. The van der Waals surface area contributed by atoms with Crippen LogP contribution in [0.2, 0.25) is 5.02 Å². The highest BCUT2D eigenvalue weighted by molar-refractivity contribution is 6.30. The number of carboxylic acids is 1. The molecular formula is C15H20ClNO4. The van der Waals surface area contributed by atoms with E-state index in [0.717, 1.165) is 5.56 Å². The van der Waals surface area contributed by atoms with Gasteiger partial charge in [-0.3, -0.25) is 4.79 Å². The molecule has 0 spiro atoms. The van der Waals surface area contributed by atoms with Gasteiger partial charge >= 0.3 is 5.97 Å². The van der Waals surface area contributed by atoms with Crippen molar-refractivity contribution < 1.29 is 19.4 Å². The van der Waals surface area contributed by atoms with E-state index in [-0.39, 0.29) is 12.5 Å². The normalized spacial score (nSPS) is 13.3. The van der Waals surface area contributed by atoms with Crippen LogP contribution in [0.1, 0.15) is 25.8 Å². The Hall–Kier alpha value is -1.75. The number of hydrogen-bond donors (Lipinski definition) is 2. The number of benzene rings is 1. The van der Waals surface area contributed by atoms with Gasteiger partial charge in [0.2, 0.25) is 0 Å². The largest absolute Gasteiger partial charge is 0.484 e. The minimum atomic E-state index is -1.04. The van der Waals surface area contributed by atoms with E-state index in [9.17, 15) is 9.59 Å². The molecule has 6 heteroatoms. The zero-order valence-corrected chi connectivity index (χ0v) is 13.1. The molecule has 1 amide bonds. The van der Waals surface area contributed by atoms with Crippen molar-refractivity contribution in [2.45, 2.75) is 33.2 Å². The van der Waals surface area contributed by atoms with Crippen molar-refractivity contribution in [3.05, 3.63) is 28.8 Å². The second-order valence-corrected chi connectivity index (χ2v) is 5.40. The Morgan fingerprint density at radius 3 is 2.62 bits per heavy atom. The van der Waals surface area contributed by atoms with Gasteiger partial charge in [-0.05, 0) is 36.6 Å². The number of carbonyl (C=O) groups is 2. The van der Waals surface area contributed by atoms with Crippen LogP contribution in [0.4, 0.5) is 0 Å². The molecular weight excluding hydrogens is 294 g/mol. The molecule has 1 aromatic rings. The summed E-state index contributed by atoms with van der Waals surface area (Å²) in [5.41, 5.74) is 0.812. The lowest BCUT2D eigenvalue weighted by Gasteiger charge is -2.20. The minimum absolute atomic E-state index is 0.149. The number of carbonyl (C=O) groups excluding carboxylic acids is 1. The zero-order valence-electron chi connectivity index (χ0n) is 12.4. The summed E-state index contributed by atoms with van der Waals surface area (Å²) in [7, 11) is 0. The molecule has 0 saturated heterocycles. The summed E-state index contributed by atoms with van der Waals surface area (Å²) in [5, 5.41) is 12.2. The molecule has 116 valence electrons. The number of ether oxygens (including phenoxy) is 1. The summed E-state index contributed by atoms with van der Waals surface area (Å²) in [6.45, 7) is 5.24. The van der Waals surface area contributed by atoms with Gasteiger partial charge in [0.15, 0.2) is 6.61 Å². The highest BCUT2D eigenvalue weighted by Crippen LogP contribution is 2.21. The van der Waals surface area contributed by atoms with Crippen molar-refractivity contribution in [1.82, 2.24) is 5.32 Å². The van der Waals surface area contributed by atoms with Crippen LogP contribution in [-0.4, -0.2) is 29.6 Å². The Kier molecular flexibility index (Phi) is 6.49. The SMILES string of the molecule is CC[C@H](C)[C@H](NC(=O)COc1ccc(Cl)cc1C)C(=O)O. The highest BCUT2D eigenvalue weighted by Gasteiger charge is 2.25. The first-order valence-electron chi connectivity index (χ1n) is 6.76. The molecule has 21 heavy (non-hydrogen) atoms. The molecule has 0 aliphatic carbocycles. The van der Waals surface area contributed by atoms with E-state index in [1.54, 1.807) is 25.1 Å². The summed E-state index contributed by atoms with van der Waals surface area (Å²) in [4.78, 5) is 22.9. The Morgan fingerprint density at radius 2 is 2.10 bits per heavy atom. The van der Waals surface area contributed by atoms with Gasteiger partial charge in [-0.25, -0.2) is 4.79 Å². The van der Waals surface area contributed by atoms with Crippen molar-refractivity contribution in [1.29, 1.82) is 0 Å². The number of nitrogens with one attached hydrogen (secondary N) is 1. The van der Waals surface area contributed by atoms with Gasteiger partial charge in [0.05, 0.1) is 0 Å². The number of rotatable bonds is 7. The van der Waals surface area contributed by atoms with Crippen molar-refractivity contribution in [3.8, 4) is 5.75 Å². The number of aryl methyl sites for hydroxylation is 1. The first-order valence-corrected chi connectivity index (χ1v) is 7.14. The average molecular weight is 314 g/mol. The van der Waals surface area contributed by atoms with Crippen LogP contribution in [0.15, 0.2) is 18.2 Å². The average Bonchev–Trinajstić information content (AvgIpc) is 2.42. The van der Waals surface area contributed by atoms with Crippen molar-refractivity contribution in [3.63, 3.8) is 0 Å². The second kappa shape index (κ2) is 7.88. The molecule has 2 N–H and O–H groups in total. The minimum Gasteiger partial charge on any atom is -0.484 e. The van der Waals surface area contributed by atoms with Gasteiger partial charge in [-0.15, -0.1) is 0 Å². The molecule has 0 unspecified atom stereocenters. The van der Waals surface area contributed by atoms with E-state index in [2.05, 4.69) is 5.32 Å². The van der Waals surface area contributed by atoms with Crippen LogP contribution < -0.4 is 10.1 Å². The third-order valence-corrected chi connectivity index (χ3v) is 3.53. The lowest BCUT2D eigenvalue weighted by Crippen LogP contribution is -2.46. The molecule has 0 aromatic heterocycles. The van der Waals surface area contributed by atoms with Gasteiger partial charge in [-0.2, -0.15) is 0 Å². The molecule has 1 aromatic carbocycles. The van der Waals surface area contributed by atoms with Crippen LogP contribution in [0.5, 0.6) is 5.75 Å². The molecule has 0 bridgehead atoms. The molecule has 5 nitrogen and oxygen atoms in total. The molecule has 0 aliphatic rings. The third kappa shape index (κ3) is 5.27. The first-order chi connectivity index (χ1) is 9.85. The number of hydrogen-bond acceptors (Lipinski definition) is 3. The summed E-state index contributed by atoms with van der Waals surface area (Å²) < 4.78 is 5.38. The lowest BCUT2D eigenvalue weighted by atomic mass is 9.99. The number of amides is 1. The van der Waals surface area contributed by atoms with Gasteiger partial charge in [0, 0.05) is 5.02 Å². The van der Waals surface area contributed by atoms with E-state index in [1.807, 2.05) is 13.8 Å². The summed E-state index contributed by atoms with van der Waals surface area (Å²) in [6.07, 6.45) is 0.661. The fourth-order valence-corrected chi connectivity index (χ4v) is 2.04.